The zero-order chi connectivity index (χ0) is 24.5. The summed E-state index contributed by atoms with van der Waals surface area (Å²) in [6, 6.07) is 14.8. The Morgan fingerprint density at radius 2 is 0.917 bits per heavy atom. The number of benzene rings is 2. The molecule has 4 unspecified atom stereocenters. The van der Waals surface area contributed by atoms with E-state index in [1.165, 1.54) is 71.4 Å². The van der Waals surface area contributed by atoms with E-state index in [1.807, 2.05) is 0 Å². The molecule has 0 nitrogen and oxygen atoms in total. The van der Waals surface area contributed by atoms with Crippen molar-refractivity contribution < 1.29 is 0 Å². The van der Waals surface area contributed by atoms with Gasteiger partial charge in [-0.2, -0.15) is 0 Å². The average Bonchev–Trinajstić information content (AvgIpc) is 2.81. The lowest BCUT2D eigenvalue weighted by Crippen LogP contribution is -2.66. The standard InChI is InChI=1S/C34H40Br2/c1-21-7-27(3-5-29(21)35)31-11-23-9-24(12-31)16-33(15-23,19-31)34-17-25-10-26(18-34)14-32(13-25,20-34)28-4-6-30(36)22(2)8-28/h3-8,23-26H,9-20H2,1-2H3. The second kappa shape index (κ2) is 7.53. The molecular weight excluding hydrogens is 568 g/mol. The fraction of sp³-hybridized carbons (Fsp3) is 0.647. The van der Waals surface area contributed by atoms with Crippen LogP contribution in [0.2, 0.25) is 0 Å². The lowest BCUT2D eigenvalue weighted by atomic mass is 9.30. The molecule has 8 saturated carbocycles. The van der Waals surface area contributed by atoms with E-state index in [1.54, 1.807) is 36.8 Å². The third-order valence-electron chi connectivity index (χ3n) is 12.8. The SMILES string of the molecule is Cc1cc(C23CC4CC(C2)CC(C25CC6CC(CC(c7ccc(Br)c(C)c7)(C6)C2)C5)(C4)C3)ccc1Br. The lowest BCUT2D eigenvalue weighted by Gasteiger charge is -2.74. The molecule has 2 aromatic rings. The van der Waals surface area contributed by atoms with Crippen LogP contribution in [0.3, 0.4) is 0 Å². The van der Waals surface area contributed by atoms with Crippen molar-refractivity contribution in [2.24, 2.45) is 34.5 Å². The van der Waals surface area contributed by atoms with Gasteiger partial charge in [0.05, 0.1) is 0 Å². The highest BCUT2D eigenvalue weighted by Crippen LogP contribution is 2.78. The van der Waals surface area contributed by atoms with Crippen molar-refractivity contribution in [3.8, 4) is 0 Å². The summed E-state index contributed by atoms with van der Waals surface area (Å²) >= 11 is 7.58. The van der Waals surface area contributed by atoms with Crippen molar-refractivity contribution in [3.05, 3.63) is 67.6 Å². The fourth-order valence-corrected chi connectivity index (χ4v) is 12.9. The minimum absolute atomic E-state index is 0.445. The summed E-state index contributed by atoms with van der Waals surface area (Å²) in [5, 5.41) is 0. The van der Waals surface area contributed by atoms with Crippen LogP contribution >= 0.6 is 31.9 Å². The highest BCUT2D eigenvalue weighted by molar-refractivity contribution is 9.10. The summed E-state index contributed by atoms with van der Waals surface area (Å²) in [6.07, 6.45) is 18.1. The monoisotopic (exact) mass is 606 g/mol. The summed E-state index contributed by atoms with van der Waals surface area (Å²) in [6.45, 7) is 4.60. The van der Waals surface area contributed by atoms with Crippen molar-refractivity contribution in [2.75, 3.05) is 0 Å². The number of hydrogen-bond acceptors (Lipinski definition) is 0. The maximum Gasteiger partial charge on any atom is 0.0204 e. The van der Waals surface area contributed by atoms with Crippen molar-refractivity contribution >= 4 is 31.9 Å². The Kier molecular flexibility index (Phi) is 4.87. The van der Waals surface area contributed by atoms with Gasteiger partial charge in [-0.3, -0.25) is 0 Å². The van der Waals surface area contributed by atoms with Crippen LogP contribution in [-0.2, 0) is 10.8 Å². The molecule has 10 rings (SSSR count). The third kappa shape index (κ3) is 3.10. The Morgan fingerprint density at radius 3 is 1.25 bits per heavy atom. The summed E-state index contributed by atoms with van der Waals surface area (Å²) < 4.78 is 2.55. The Balaban J connectivity index is 1.23. The van der Waals surface area contributed by atoms with Gasteiger partial charge in [0.2, 0.25) is 0 Å². The molecule has 4 atom stereocenters. The molecule has 0 N–H and O–H groups in total. The fourth-order valence-electron chi connectivity index (χ4n) is 12.4. The summed E-state index contributed by atoms with van der Waals surface area (Å²) in [4.78, 5) is 0. The third-order valence-corrected chi connectivity index (χ3v) is 14.6. The molecular formula is C34H40Br2. The molecule has 8 aliphatic carbocycles. The quantitative estimate of drug-likeness (QED) is 0.325. The Labute approximate surface area is 234 Å². The molecule has 2 aromatic carbocycles. The van der Waals surface area contributed by atoms with Crippen LogP contribution < -0.4 is 0 Å². The van der Waals surface area contributed by atoms with Crippen LogP contribution in [0.15, 0.2) is 45.3 Å². The van der Waals surface area contributed by atoms with Gasteiger partial charge in [-0.05, 0) is 171 Å². The molecule has 0 saturated heterocycles. The molecule has 0 spiro atoms. The van der Waals surface area contributed by atoms with Gasteiger partial charge in [0.25, 0.3) is 0 Å². The van der Waals surface area contributed by atoms with Crippen LogP contribution in [0.5, 0.6) is 0 Å². The summed E-state index contributed by atoms with van der Waals surface area (Å²) in [7, 11) is 0. The maximum absolute atomic E-state index is 3.79. The highest BCUT2D eigenvalue weighted by Gasteiger charge is 2.70. The van der Waals surface area contributed by atoms with Crippen LogP contribution in [0.4, 0.5) is 0 Å². The number of rotatable bonds is 3. The molecule has 0 aromatic heterocycles. The first-order valence-electron chi connectivity index (χ1n) is 14.7. The van der Waals surface area contributed by atoms with Crippen LogP contribution in [-0.4, -0.2) is 0 Å². The van der Waals surface area contributed by atoms with Gasteiger partial charge < -0.3 is 0 Å². The minimum atomic E-state index is 0.445. The first-order chi connectivity index (χ1) is 17.2. The van der Waals surface area contributed by atoms with E-state index in [2.05, 4.69) is 82.1 Å². The van der Waals surface area contributed by atoms with Crippen LogP contribution in [0.1, 0.15) is 99.3 Å². The van der Waals surface area contributed by atoms with Gasteiger partial charge in [-0.25, -0.2) is 0 Å². The van der Waals surface area contributed by atoms with Crippen molar-refractivity contribution in [2.45, 2.75) is 102 Å². The first-order valence-corrected chi connectivity index (χ1v) is 16.3. The second-order valence-corrected chi connectivity index (χ2v) is 16.7. The minimum Gasteiger partial charge on any atom is -0.0573 e. The smallest absolute Gasteiger partial charge is 0.0204 e. The maximum atomic E-state index is 3.79. The molecule has 2 heteroatoms. The van der Waals surface area contributed by atoms with Gasteiger partial charge >= 0.3 is 0 Å². The van der Waals surface area contributed by atoms with Crippen LogP contribution in [0.25, 0.3) is 0 Å². The Morgan fingerprint density at radius 1 is 0.556 bits per heavy atom. The van der Waals surface area contributed by atoms with Crippen molar-refractivity contribution in [1.29, 1.82) is 0 Å². The number of aryl methyl sites for hydroxylation is 2. The van der Waals surface area contributed by atoms with E-state index < -0.39 is 0 Å². The molecule has 8 bridgehead atoms. The largest absolute Gasteiger partial charge is 0.0573 e. The number of halogens is 2. The molecule has 0 heterocycles. The molecule has 0 amide bonds. The molecule has 0 aliphatic heterocycles. The average molecular weight is 609 g/mol. The normalized spacial score (nSPS) is 46.0. The van der Waals surface area contributed by atoms with Gasteiger partial charge in [0.15, 0.2) is 0 Å². The molecule has 8 fully saturated rings. The molecule has 190 valence electrons. The topological polar surface area (TPSA) is 0 Å². The highest BCUT2D eigenvalue weighted by atomic mass is 79.9. The van der Waals surface area contributed by atoms with Gasteiger partial charge in [0, 0.05) is 8.95 Å². The molecule has 8 aliphatic rings. The van der Waals surface area contributed by atoms with Crippen molar-refractivity contribution in [1.82, 2.24) is 0 Å². The molecule has 36 heavy (non-hydrogen) atoms. The molecule has 0 radical (unpaired) electrons. The predicted octanol–water partition coefficient (Wildman–Crippen LogP) is 10.2. The van der Waals surface area contributed by atoms with E-state index in [0.717, 1.165) is 23.7 Å². The lowest BCUT2D eigenvalue weighted by molar-refractivity contribution is -0.212. The van der Waals surface area contributed by atoms with E-state index in [-0.39, 0.29) is 0 Å². The van der Waals surface area contributed by atoms with Crippen molar-refractivity contribution in [3.63, 3.8) is 0 Å². The van der Waals surface area contributed by atoms with Gasteiger partial charge in [-0.15, -0.1) is 0 Å². The summed E-state index contributed by atoms with van der Waals surface area (Å²) in [5.74, 6) is 3.87. The Hall–Kier alpha value is -0.600. The van der Waals surface area contributed by atoms with E-state index in [9.17, 15) is 0 Å². The zero-order valence-corrected chi connectivity index (χ0v) is 25.2. The predicted molar refractivity (Wildman–Crippen MR) is 155 cm³/mol. The van der Waals surface area contributed by atoms with Gasteiger partial charge in [0.1, 0.15) is 0 Å². The van der Waals surface area contributed by atoms with E-state index in [4.69, 9.17) is 0 Å². The second-order valence-electron chi connectivity index (χ2n) is 15.0. The zero-order valence-electron chi connectivity index (χ0n) is 22.0. The number of hydrogen-bond donors (Lipinski definition) is 0. The van der Waals surface area contributed by atoms with Crippen LogP contribution in [0, 0.1) is 48.3 Å². The Bertz CT molecular complexity index is 1130. The van der Waals surface area contributed by atoms with Gasteiger partial charge in [-0.1, -0.05) is 56.1 Å². The summed E-state index contributed by atoms with van der Waals surface area (Å²) in [5.41, 5.74) is 8.29. The van der Waals surface area contributed by atoms with E-state index in [0.29, 0.717) is 21.7 Å². The first kappa shape index (κ1) is 23.3. The van der Waals surface area contributed by atoms with E-state index >= 15 is 0 Å².